The van der Waals surface area contributed by atoms with Crippen molar-refractivity contribution in [3.63, 3.8) is 0 Å². The zero-order valence-electron chi connectivity index (χ0n) is 10.8. The molecule has 6 heteroatoms. The van der Waals surface area contributed by atoms with Crippen LogP contribution in [-0.4, -0.2) is 23.3 Å². The van der Waals surface area contributed by atoms with E-state index >= 15 is 0 Å². The van der Waals surface area contributed by atoms with Gasteiger partial charge in [0.25, 0.3) is 0 Å². The lowest BCUT2D eigenvalue weighted by atomic mass is 10.2. The maximum absolute atomic E-state index is 13.7. The van der Waals surface area contributed by atoms with Gasteiger partial charge >= 0.3 is 0 Å². The van der Waals surface area contributed by atoms with Gasteiger partial charge in [-0.25, -0.2) is 9.37 Å². The predicted octanol–water partition coefficient (Wildman–Crippen LogP) is 4.27. The maximum Gasteiger partial charge on any atom is 0.139 e. The molecule has 0 spiro atoms. The van der Waals surface area contributed by atoms with Crippen LogP contribution in [0.2, 0.25) is 0 Å². The average molecular weight is 350 g/mol. The van der Waals surface area contributed by atoms with Crippen molar-refractivity contribution in [1.29, 1.82) is 0 Å². The van der Waals surface area contributed by atoms with Crippen LogP contribution in [0.3, 0.4) is 0 Å². The highest BCUT2D eigenvalue weighted by atomic mass is 79.9. The Labute approximate surface area is 124 Å². The smallest absolute Gasteiger partial charge is 0.139 e. The van der Waals surface area contributed by atoms with E-state index in [1.54, 1.807) is 13.2 Å². The molecule has 0 bridgehead atoms. The van der Waals surface area contributed by atoms with Crippen LogP contribution >= 0.6 is 27.5 Å². The van der Waals surface area contributed by atoms with Gasteiger partial charge < -0.3 is 9.30 Å². The molecule has 104 valence electrons. The van der Waals surface area contributed by atoms with Crippen LogP contribution in [0.15, 0.2) is 16.6 Å². The SMILES string of the molecule is CCC(COC)n1c(CCl)nc2cc(Br)c(F)cc21. The highest BCUT2D eigenvalue weighted by Gasteiger charge is 2.18. The Morgan fingerprint density at radius 2 is 2.26 bits per heavy atom. The first kappa shape index (κ1) is 14.8. The fourth-order valence-electron chi connectivity index (χ4n) is 2.21. The van der Waals surface area contributed by atoms with Gasteiger partial charge in [0.1, 0.15) is 11.6 Å². The summed E-state index contributed by atoms with van der Waals surface area (Å²) in [6.45, 7) is 2.60. The molecular weight excluding hydrogens is 335 g/mol. The summed E-state index contributed by atoms with van der Waals surface area (Å²) in [5.41, 5.74) is 1.48. The van der Waals surface area contributed by atoms with Crippen LogP contribution in [0.4, 0.5) is 4.39 Å². The number of rotatable bonds is 5. The molecule has 1 aromatic carbocycles. The van der Waals surface area contributed by atoms with Crippen molar-refractivity contribution in [2.75, 3.05) is 13.7 Å². The van der Waals surface area contributed by atoms with Gasteiger partial charge in [-0.15, -0.1) is 11.6 Å². The minimum atomic E-state index is -0.304. The third-order valence-corrected chi connectivity index (χ3v) is 3.97. The first-order valence-electron chi connectivity index (χ1n) is 6.03. The van der Waals surface area contributed by atoms with Gasteiger partial charge in [0.15, 0.2) is 0 Å². The molecule has 2 rings (SSSR count). The standard InChI is InChI=1S/C13H15BrClFN2O/c1-3-8(7-19-2)18-12-5-10(16)9(14)4-11(12)17-13(18)6-15/h4-5,8H,3,6-7H2,1-2H3. The lowest BCUT2D eigenvalue weighted by molar-refractivity contribution is 0.153. The zero-order chi connectivity index (χ0) is 14.0. The van der Waals surface area contributed by atoms with E-state index in [0.717, 1.165) is 23.3 Å². The van der Waals surface area contributed by atoms with Gasteiger partial charge in [-0.1, -0.05) is 6.92 Å². The highest BCUT2D eigenvalue weighted by molar-refractivity contribution is 9.10. The molecule has 3 nitrogen and oxygen atoms in total. The summed E-state index contributed by atoms with van der Waals surface area (Å²) in [6, 6.07) is 3.27. The summed E-state index contributed by atoms with van der Waals surface area (Å²) in [6.07, 6.45) is 0.862. The Kier molecular flexibility index (Phi) is 4.81. The van der Waals surface area contributed by atoms with Gasteiger partial charge in [0.05, 0.1) is 34.0 Å². The highest BCUT2D eigenvalue weighted by Crippen LogP contribution is 2.28. The number of ether oxygens (including phenoxy) is 1. The summed E-state index contributed by atoms with van der Waals surface area (Å²) in [5, 5.41) is 0. The summed E-state index contributed by atoms with van der Waals surface area (Å²) in [4.78, 5) is 4.46. The van der Waals surface area contributed by atoms with Gasteiger partial charge in [0.2, 0.25) is 0 Å². The van der Waals surface area contributed by atoms with Gasteiger partial charge in [-0.2, -0.15) is 0 Å². The topological polar surface area (TPSA) is 27.1 Å². The molecular formula is C13H15BrClFN2O. The average Bonchev–Trinajstić information content (AvgIpc) is 2.74. The van der Waals surface area contributed by atoms with Crippen LogP contribution in [0.5, 0.6) is 0 Å². The third-order valence-electron chi connectivity index (χ3n) is 3.12. The molecule has 0 aliphatic carbocycles. The molecule has 2 aromatic rings. The predicted molar refractivity (Wildman–Crippen MR) is 78.2 cm³/mol. The fourth-order valence-corrected chi connectivity index (χ4v) is 2.73. The molecule has 0 fully saturated rings. The second-order valence-corrected chi connectivity index (χ2v) is 5.43. The van der Waals surface area contributed by atoms with Gasteiger partial charge in [-0.05, 0) is 28.4 Å². The number of imidazole rings is 1. The Morgan fingerprint density at radius 3 is 2.84 bits per heavy atom. The number of nitrogens with zero attached hydrogens (tertiary/aromatic N) is 2. The minimum Gasteiger partial charge on any atom is -0.383 e. The monoisotopic (exact) mass is 348 g/mol. The molecule has 0 aliphatic heterocycles. The van der Waals surface area contributed by atoms with E-state index in [-0.39, 0.29) is 17.7 Å². The second kappa shape index (κ2) is 6.20. The van der Waals surface area contributed by atoms with Crippen molar-refractivity contribution in [3.05, 3.63) is 28.2 Å². The number of methoxy groups -OCH3 is 1. The molecule has 1 aromatic heterocycles. The van der Waals surface area contributed by atoms with Crippen molar-refractivity contribution in [1.82, 2.24) is 9.55 Å². The molecule has 0 N–H and O–H groups in total. The van der Waals surface area contributed by atoms with Gasteiger partial charge in [0, 0.05) is 13.2 Å². The van der Waals surface area contributed by atoms with Crippen molar-refractivity contribution in [2.45, 2.75) is 25.3 Å². The second-order valence-electron chi connectivity index (χ2n) is 4.30. The third kappa shape index (κ3) is 2.78. The summed E-state index contributed by atoms with van der Waals surface area (Å²) in [5.74, 6) is 0.717. The Bertz CT molecular complexity index is 588. The summed E-state index contributed by atoms with van der Waals surface area (Å²) < 4.78 is 21.4. The minimum absolute atomic E-state index is 0.101. The molecule has 1 atom stereocenters. The van der Waals surface area contributed by atoms with E-state index in [4.69, 9.17) is 16.3 Å². The molecule has 19 heavy (non-hydrogen) atoms. The maximum atomic E-state index is 13.7. The zero-order valence-corrected chi connectivity index (χ0v) is 13.1. The number of alkyl halides is 1. The van der Waals surface area contributed by atoms with Crippen molar-refractivity contribution < 1.29 is 9.13 Å². The molecule has 0 aliphatic rings. The van der Waals surface area contributed by atoms with E-state index in [2.05, 4.69) is 27.8 Å². The van der Waals surface area contributed by atoms with E-state index in [0.29, 0.717) is 11.1 Å². The summed E-state index contributed by atoms with van der Waals surface area (Å²) >= 11 is 9.13. The van der Waals surface area contributed by atoms with Crippen LogP contribution in [0, 0.1) is 5.82 Å². The number of halogens is 3. The van der Waals surface area contributed by atoms with E-state index in [1.807, 2.05) is 4.57 Å². The van der Waals surface area contributed by atoms with E-state index < -0.39 is 0 Å². The largest absolute Gasteiger partial charge is 0.383 e. The van der Waals surface area contributed by atoms with Crippen LogP contribution in [0.25, 0.3) is 11.0 Å². The number of fused-ring (bicyclic) bond motifs is 1. The number of benzene rings is 1. The van der Waals surface area contributed by atoms with Crippen LogP contribution in [-0.2, 0) is 10.6 Å². The van der Waals surface area contributed by atoms with Gasteiger partial charge in [-0.3, -0.25) is 0 Å². The molecule has 0 amide bonds. The molecule has 1 heterocycles. The van der Waals surface area contributed by atoms with Crippen LogP contribution in [0.1, 0.15) is 25.2 Å². The van der Waals surface area contributed by atoms with Crippen molar-refractivity contribution in [2.24, 2.45) is 0 Å². The Hall–Kier alpha value is -0.650. The normalized spacial score (nSPS) is 13.1. The molecule has 0 saturated heterocycles. The lowest BCUT2D eigenvalue weighted by Crippen LogP contribution is -2.16. The number of hydrogen-bond donors (Lipinski definition) is 0. The van der Waals surface area contributed by atoms with E-state index in [1.165, 1.54) is 6.07 Å². The first-order valence-corrected chi connectivity index (χ1v) is 7.35. The number of hydrogen-bond acceptors (Lipinski definition) is 2. The quantitative estimate of drug-likeness (QED) is 0.754. The molecule has 0 saturated carbocycles. The number of aromatic nitrogens is 2. The molecule has 0 radical (unpaired) electrons. The lowest BCUT2D eigenvalue weighted by Gasteiger charge is -2.19. The fraction of sp³-hybridized carbons (Fsp3) is 0.462. The van der Waals surface area contributed by atoms with E-state index in [9.17, 15) is 4.39 Å². The Balaban J connectivity index is 2.65. The van der Waals surface area contributed by atoms with Crippen molar-refractivity contribution >= 4 is 38.6 Å². The summed E-state index contributed by atoms with van der Waals surface area (Å²) in [7, 11) is 1.65. The first-order chi connectivity index (χ1) is 9.12. The van der Waals surface area contributed by atoms with Crippen LogP contribution < -0.4 is 0 Å². The Morgan fingerprint density at radius 1 is 1.53 bits per heavy atom. The molecule has 1 unspecified atom stereocenters. The van der Waals surface area contributed by atoms with Crippen molar-refractivity contribution in [3.8, 4) is 0 Å².